The van der Waals surface area contributed by atoms with Gasteiger partial charge in [0, 0.05) is 46.0 Å². The number of hydrogen-bond donors (Lipinski definition) is 3. The molecular formula is C16H35GeO3Zr-. The molecule has 1 rings (SSSR count). The van der Waals surface area contributed by atoms with Crippen LogP contribution in [0.5, 0.6) is 0 Å². The first-order chi connectivity index (χ1) is 9.55. The van der Waals surface area contributed by atoms with Gasteiger partial charge in [0.1, 0.15) is 0 Å². The van der Waals surface area contributed by atoms with Crippen LogP contribution in [0, 0.1) is 0 Å². The van der Waals surface area contributed by atoms with Gasteiger partial charge in [0.25, 0.3) is 0 Å². The fraction of sp³-hybridized carbons (Fsp3) is 0.688. The minimum absolute atomic E-state index is 0. The summed E-state index contributed by atoms with van der Waals surface area (Å²) in [5, 5.41) is 23.6. The van der Waals surface area contributed by atoms with Crippen LogP contribution < -0.4 is 4.40 Å². The summed E-state index contributed by atoms with van der Waals surface area (Å²) in [6.45, 7) is 6.75. The van der Waals surface area contributed by atoms with Gasteiger partial charge < -0.3 is 15.3 Å². The fourth-order valence-electron chi connectivity index (χ4n) is 0.774. The van der Waals surface area contributed by atoms with Gasteiger partial charge in [-0.15, -0.1) is 0 Å². The van der Waals surface area contributed by atoms with E-state index in [0.29, 0.717) is 19.8 Å². The van der Waals surface area contributed by atoms with Crippen LogP contribution in [-0.4, -0.2) is 49.5 Å². The molecule has 1 aromatic carbocycles. The van der Waals surface area contributed by atoms with Crippen LogP contribution in [0.4, 0.5) is 0 Å². The van der Waals surface area contributed by atoms with Crippen LogP contribution in [0.3, 0.4) is 0 Å². The van der Waals surface area contributed by atoms with Crippen molar-refractivity contribution in [2.45, 2.75) is 51.5 Å². The van der Waals surface area contributed by atoms with E-state index in [4.69, 9.17) is 15.3 Å². The zero-order valence-corrected chi connectivity index (χ0v) is 19.4. The third kappa shape index (κ3) is 33.5. The molecule has 0 saturated heterocycles. The van der Waals surface area contributed by atoms with Gasteiger partial charge in [-0.05, 0) is 19.3 Å². The summed E-state index contributed by atoms with van der Waals surface area (Å²) in [6.07, 6.45) is 2.62. The average Bonchev–Trinajstić information content (AvgIpc) is 3.02. The second-order valence-corrected chi connectivity index (χ2v) is 10.8. The molecular weight excluding hydrogens is 404 g/mol. The minimum atomic E-state index is -0.888. The van der Waals surface area contributed by atoms with Crippen LogP contribution in [0.15, 0.2) is 24.3 Å². The molecule has 3 N–H and O–H groups in total. The molecule has 0 aliphatic heterocycles. The van der Waals surface area contributed by atoms with E-state index in [2.05, 4.69) is 35.8 Å². The Morgan fingerprint density at radius 2 is 1.00 bits per heavy atom. The van der Waals surface area contributed by atoms with E-state index < -0.39 is 14.3 Å². The second-order valence-electron chi connectivity index (χ2n) is 4.54. The topological polar surface area (TPSA) is 60.7 Å². The van der Waals surface area contributed by atoms with Crippen molar-refractivity contribution in [3.05, 3.63) is 24.3 Å². The molecule has 0 aromatic heterocycles. The third-order valence-corrected chi connectivity index (χ3v) is 5.63. The molecule has 3 nitrogen and oxygen atoms in total. The average molecular weight is 439 g/mol. The van der Waals surface area contributed by atoms with Gasteiger partial charge >= 0.3 is 54.5 Å². The molecule has 0 heterocycles. The van der Waals surface area contributed by atoms with Crippen LogP contribution >= 0.6 is 0 Å². The van der Waals surface area contributed by atoms with E-state index in [0.717, 1.165) is 19.3 Å². The van der Waals surface area contributed by atoms with E-state index in [1.54, 1.807) is 4.40 Å². The predicted molar refractivity (Wildman–Crippen MR) is 92.7 cm³/mol. The standard InChI is InChI=1S/C7H11Ge.3C3H8O.Zr/c1-8(2)7-5-3-4-6-7;3*1-2-3-4;/h3-6,8H,1-2H3;3*4H,2-3H2,1H3;/q-1;;;;. The van der Waals surface area contributed by atoms with Crippen molar-refractivity contribution in [3.8, 4) is 0 Å². The van der Waals surface area contributed by atoms with Crippen LogP contribution in [0.25, 0.3) is 0 Å². The van der Waals surface area contributed by atoms with Gasteiger partial charge in [-0.1, -0.05) is 20.8 Å². The summed E-state index contributed by atoms with van der Waals surface area (Å²) >= 11 is -0.888. The van der Waals surface area contributed by atoms with Crippen LogP contribution in [0.2, 0.25) is 11.5 Å². The van der Waals surface area contributed by atoms with Crippen molar-refractivity contribution in [1.29, 1.82) is 0 Å². The molecule has 0 amide bonds. The van der Waals surface area contributed by atoms with E-state index in [9.17, 15) is 0 Å². The number of aliphatic hydroxyl groups is 3. The maximum absolute atomic E-state index is 7.88. The van der Waals surface area contributed by atoms with Crippen LogP contribution in [0.1, 0.15) is 40.0 Å². The monoisotopic (exact) mass is 439 g/mol. The Balaban J connectivity index is -0.0000000973. The van der Waals surface area contributed by atoms with Gasteiger partial charge in [0.2, 0.25) is 0 Å². The number of rotatable bonds is 4. The second kappa shape index (κ2) is 28.8. The molecule has 0 radical (unpaired) electrons. The summed E-state index contributed by atoms with van der Waals surface area (Å²) in [5.74, 6) is 4.78. The van der Waals surface area contributed by atoms with Crippen molar-refractivity contribution in [2.75, 3.05) is 19.8 Å². The molecule has 0 atom stereocenters. The van der Waals surface area contributed by atoms with E-state index in [1.165, 1.54) is 0 Å². The molecule has 0 fully saturated rings. The summed E-state index contributed by atoms with van der Waals surface area (Å²) in [6, 6.07) is 8.73. The molecule has 0 unspecified atom stereocenters. The maximum Gasteiger partial charge on any atom is 0 e. The first-order valence-electron chi connectivity index (χ1n) is 7.59. The van der Waals surface area contributed by atoms with Gasteiger partial charge in [0.05, 0.1) is 0 Å². The predicted octanol–water partition coefficient (Wildman–Crippen LogP) is 2.26. The van der Waals surface area contributed by atoms with Crippen molar-refractivity contribution < 1.29 is 41.5 Å². The van der Waals surface area contributed by atoms with Gasteiger partial charge in [-0.2, -0.15) is 0 Å². The van der Waals surface area contributed by atoms with Gasteiger partial charge in [-0.25, -0.2) is 0 Å². The molecule has 0 bridgehead atoms. The SMILES string of the molecule is CCCO.CCCO.CCCO.[CH3][GeH]([CH3])[c-]1cccc1.[Zr]. The van der Waals surface area contributed by atoms with E-state index >= 15 is 0 Å². The van der Waals surface area contributed by atoms with Crippen molar-refractivity contribution in [1.82, 2.24) is 0 Å². The summed E-state index contributed by atoms with van der Waals surface area (Å²) in [4.78, 5) is 0. The Bertz CT molecular complexity index is 214. The molecule has 0 aliphatic rings. The van der Waals surface area contributed by atoms with Crippen molar-refractivity contribution in [2.24, 2.45) is 0 Å². The zero-order valence-electron chi connectivity index (χ0n) is 14.5. The van der Waals surface area contributed by atoms with Gasteiger partial charge in [-0.3, -0.25) is 0 Å². The first kappa shape index (κ1) is 29.6. The Hall–Kier alpha value is 0.656. The summed E-state index contributed by atoms with van der Waals surface area (Å²) in [5.41, 5.74) is 0. The maximum atomic E-state index is 7.88. The van der Waals surface area contributed by atoms with Crippen molar-refractivity contribution >= 4 is 18.7 Å². The Morgan fingerprint density at radius 1 is 0.762 bits per heavy atom. The van der Waals surface area contributed by atoms with Crippen molar-refractivity contribution in [3.63, 3.8) is 0 Å². The smallest absolute Gasteiger partial charge is 0 e. The molecule has 1 aromatic rings. The quantitative estimate of drug-likeness (QED) is 0.499. The molecule has 21 heavy (non-hydrogen) atoms. The molecule has 0 spiro atoms. The van der Waals surface area contributed by atoms with Gasteiger partial charge in [0.15, 0.2) is 0 Å². The molecule has 5 heteroatoms. The minimum Gasteiger partial charge on any atom is 0 e. The largest absolute Gasteiger partial charge is 0 e. The number of aliphatic hydroxyl groups excluding tert-OH is 3. The third-order valence-electron chi connectivity index (χ3n) is 2.03. The molecule has 126 valence electrons. The normalized spacial score (nSPS) is 8.24. The Labute approximate surface area is 155 Å². The molecule has 0 saturated carbocycles. The Morgan fingerprint density at radius 3 is 1.10 bits per heavy atom. The first-order valence-corrected chi connectivity index (χ1v) is 13.6. The zero-order chi connectivity index (χ0) is 16.2. The summed E-state index contributed by atoms with van der Waals surface area (Å²) < 4.78 is 1.62. The molecule has 0 aliphatic carbocycles. The van der Waals surface area contributed by atoms with E-state index in [1.807, 2.05) is 20.8 Å². The fourth-order valence-corrected chi connectivity index (χ4v) is 2.86. The van der Waals surface area contributed by atoms with Crippen LogP contribution in [-0.2, 0) is 26.2 Å². The number of hydrogen-bond acceptors (Lipinski definition) is 3. The Kier molecular flexibility index (Phi) is 40.6. The van der Waals surface area contributed by atoms with E-state index in [-0.39, 0.29) is 26.2 Å². The summed E-state index contributed by atoms with van der Waals surface area (Å²) in [7, 11) is 0.